The number of amides is 1. The van der Waals surface area contributed by atoms with E-state index < -0.39 is 11.6 Å². The molecule has 132 valence electrons. The van der Waals surface area contributed by atoms with Crippen molar-refractivity contribution in [2.75, 3.05) is 6.54 Å². The van der Waals surface area contributed by atoms with Gasteiger partial charge in [0.15, 0.2) is 5.82 Å². The van der Waals surface area contributed by atoms with Gasteiger partial charge in [0.1, 0.15) is 5.67 Å². The minimum absolute atomic E-state index is 0.134. The molecule has 6 heteroatoms. The summed E-state index contributed by atoms with van der Waals surface area (Å²) in [5.41, 5.74) is -0.947. The molecule has 1 amide bonds. The molecule has 0 unspecified atom stereocenters. The second-order valence-electron chi connectivity index (χ2n) is 7.32. The molecule has 5 nitrogen and oxygen atoms in total. The number of benzene rings is 1. The Morgan fingerprint density at radius 1 is 1.36 bits per heavy atom. The first-order valence-electron chi connectivity index (χ1n) is 8.89. The molecule has 2 fully saturated rings. The first kappa shape index (κ1) is 16.2. The van der Waals surface area contributed by atoms with Crippen LogP contribution in [0.5, 0.6) is 0 Å². The number of aromatic nitrogens is 2. The molecule has 2 aromatic rings. The Labute approximate surface area is 146 Å². The number of alkyl halides is 1. The summed E-state index contributed by atoms with van der Waals surface area (Å²) in [6.45, 7) is 4.59. The van der Waals surface area contributed by atoms with Gasteiger partial charge in [0, 0.05) is 18.9 Å². The Kier molecular flexibility index (Phi) is 3.85. The quantitative estimate of drug-likeness (QED) is 0.848. The van der Waals surface area contributed by atoms with Crippen molar-refractivity contribution in [3.8, 4) is 0 Å². The molecule has 1 aliphatic heterocycles. The molecule has 1 saturated carbocycles. The Balaban J connectivity index is 1.52. The summed E-state index contributed by atoms with van der Waals surface area (Å²) in [7, 11) is 0. The Morgan fingerprint density at radius 3 is 2.80 bits per heavy atom. The van der Waals surface area contributed by atoms with Crippen molar-refractivity contribution < 1.29 is 13.7 Å². The van der Waals surface area contributed by atoms with Crippen LogP contribution >= 0.6 is 0 Å². The van der Waals surface area contributed by atoms with Crippen molar-refractivity contribution in [2.45, 2.75) is 50.7 Å². The van der Waals surface area contributed by atoms with Crippen molar-refractivity contribution in [1.29, 1.82) is 0 Å². The maximum absolute atomic E-state index is 15.1. The normalized spacial score (nSPS) is 28.6. The van der Waals surface area contributed by atoms with Gasteiger partial charge in [-0.15, -0.1) is 0 Å². The van der Waals surface area contributed by atoms with E-state index in [9.17, 15) is 4.79 Å². The fraction of sp³-hybridized carbons (Fsp3) is 0.526. The number of carbonyl (C=O) groups excluding carboxylic acids is 1. The van der Waals surface area contributed by atoms with E-state index in [0.29, 0.717) is 23.8 Å². The zero-order valence-electron chi connectivity index (χ0n) is 14.5. The van der Waals surface area contributed by atoms with Crippen molar-refractivity contribution >= 4 is 5.91 Å². The first-order valence-corrected chi connectivity index (χ1v) is 8.89. The molecule has 1 saturated heterocycles. The molecule has 2 heterocycles. The third-order valence-electron chi connectivity index (χ3n) is 5.23. The van der Waals surface area contributed by atoms with E-state index in [1.807, 2.05) is 32.0 Å². The minimum atomic E-state index is -1.54. The maximum Gasteiger partial charge on any atom is 0.230 e. The zero-order chi connectivity index (χ0) is 17.6. The van der Waals surface area contributed by atoms with Gasteiger partial charge in [-0.3, -0.25) is 4.79 Å². The van der Waals surface area contributed by atoms with Gasteiger partial charge in [-0.05, 0) is 18.4 Å². The van der Waals surface area contributed by atoms with Crippen LogP contribution in [0.3, 0.4) is 0 Å². The summed E-state index contributed by atoms with van der Waals surface area (Å²) < 4.78 is 20.4. The van der Waals surface area contributed by atoms with Gasteiger partial charge in [-0.1, -0.05) is 49.3 Å². The average Bonchev–Trinajstić information content (AvgIpc) is 3.01. The molecule has 1 aromatic heterocycles. The molecule has 0 spiro atoms. The lowest BCUT2D eigenvalue weighted by Crippen LogP contribution is -2.34. The van der Waals surface area contributed by atoms with E-state index in [-0.39, 0.29) is 24.3 Å². The third-order valence-corrected chi connectivity index (χ3v) is 5.23. The van der Waals surface area contributed by atoms with E-state index >= 15 is 4.39 Å². The second-order valence-corrected chi connectivity index (χ2v) is 7.32. The Bertz CT molecular complexity index is 776. The second kappa shape index (κ2) is 5.93. The summed E-state index contributed by atoms with van der Waals surface area (Å²) >= 11 is 0. The molecule has 1 aliphatic carbocycles. The highest BCUT2D eigenvalue weighted by molar-refractivity contribution is 5.84. The van der Waals surface area contributed by atoms with Crippen LogP contribution in [0.2, 0.25) is 0 Å². The van der Waals surface area contributed by atoms with Crippen LogP contribution in [0.15, 0.2) is 34.9 Å². The number of nitrogens with zero attached hydrogens (tertiary/aromatic N) is 3. The predicted octanol–water partition coefficient (Wildman–Crippen LogP) is 3.74. The van der Waals surface area contributed by atoms with Crippen molar-refractivity contribution in [2.24, 2.45) is 5.92 Å². The van der Waals surface area contributed by atoms with Gasteiger partial charge in [0.25, 0.3) is 0 Å². The molecular formula is C19H22FN3O2. The summed E-state index contributed by atoms with van der Waals surface area (Å²) in [6.07, 6.45) is 1.92. The van der Waals surface area contributed by atoms with E-state index in [2.05, 4.69) is 10.1 Å². The van der Waals surface area contributed by atoms with Crippen LogP contribution in [-0.4, -0.2) is 27.5 Å². The smallest absolute Gasteiger partial charge is 0.230 e. The summed E-state index contributed by atoms with van der Waals surface area (Å²) in [4.78, 5) is 19.1. The number of rotatable bonds is 4. The van der Waals surface area contributed by atoms with Crippen LogP contribution in [-0.2, 0) is 10.5 Å². The van der Waals surface area contributed by atoms with Crippen LogP contribution in [0.1, 0.15) is 62.3 Å². The van der Waals surface area contributed by atoms with Crippen molar-refractivity contribution in [3.63, 3.8) is 0 Å². The molecule has 1 aromatic carbocycles. The zero-order valence-corrected chi connectivity index (χ0v) is 14.5. The SMILES string of the molecule is CC(C)c1nc([C@@H]2CCCN2C(=O)[C@@H]2C[C@@]2(F)c2ccccc2)no1. The van der Waals surface area contributed by atoms with Crippen LogP contribution in [0.25, 0.3) is 0 Å². The molecule has 4 rings (SSSR count). The lowest BCUT2D eigenvalue weighted by atomic mass is 10.1. The van der Waals surface area contributed by atoms with Gasteiger partial charge in [0.2, 0.25) is 11.8 Å². The Hall–Kier alpha value is -2.24. The van der Waals surface area contributed by atoms with Gasteiger partial charge >= 0.3 is 0 Å². The lowest BCUT2D eigenvalue weighted by molar-refractivity contribution is -0.134. The van der Waals surface area contributed by atoms with Crippen LogP contribution < -0.4 is 0 Å². The van der Waals surface area contributed by atoms with E-state index in [1.165, 1.54) is 0 Å². The van der Waals surface area contributed by atoms with Crippen LogP contribution in [0.4, 0.5) is 4.39 Å². The highest BCUT2D eigenvalue weighted by Gasteiger charge is 2.62. The van der Waals surface area contributed by atoms with Gasteiger partial charge in [0.05, 0.1) is 12.0 Å². The molecule has 0 bridgehead atoms. The summed E-state index contributed by atoms with van der Waals surface area (Å²) in [6, 6.07) is 8.77. The number of halogens is 1. The molecule has 2 aliphatic rings. The van der Waals surface area contributed by atoms with E-state index in [4.69, 9.17) is 4.52 Å². The largest absolute Gasteiger partial charge is 0.339 e. The molecule has 0 N–H and O–H groups in total. The van der Waals surface area contributed by atoms with Crippen LogP contribution in [0, 0.1) is 5.92 Å². The standard InChI is InChI=1S/C19H22FN3O2/c1-12(2)17-21-16(22-25-17)15-9-6-10-23(15)18(24)14-11-19(14,20)13-7-4-3-5-8-13/h3-5,7-8,12,14-15H,6,9-11H2,1-2H3/t14-,15-,19+/m0/s1. The number of hydrogen-bond donors (Lipinski definition) is 0. The van der Waals surface area contributed by atoms with Crippen molar-refractivity contribution in [1.82, 2.24) is 15.0 Å². The van der Waals surface area contributed by atoms with E-state index in [1.54, 1.807) is 17.0 Å². The monoisotopic (exact) mass is 343 g/mol. The summed E-state index contributed by atoms with van der Waals surface area (Å²) in [5, 5.41) is 4.05. The van der Waals surface area contributed by atoms with Crippen molar-refractivity contribution in [3.05, 3.63) is 47.6 Å². The third kappa shape index (κ3) is 2.73. The average molecular weight is 343 g/mol. The number of carbonyl (C=O) groups is 1. The highest BCUT2D eigenvalue weighted by Crippen LogP contribution is 2.57. The first-order chi connectivity index (χ1) is 12.0. The van der Waals surface area contributed by atoms with E-state index in [0.717, 1.165) is 12.8 Å². The predicted molar refractivity (Wildman–Crippen MR) is 89.4 cm³/mol. The van der Waals surface area contributed by atoms with Gasteiger partial charge in [-0.25, -0.2) is 4.39 Å². The fourth-order valence-electron chi connectivity index (χ4n) is 3.67. The fourth-order valence-corrected chi connectivity index (χ4v) is 3.67. The topological polar surface area (TPSA) is 59.2 Å². The maximum atomic E-state index is 15.1. The molecule has 3 atom stereocenters. The van der Waals surface area contributed by atoms with Gasteiger partial charge < -0.3 is 9.42 Å². The number of hydrogen-bond acceptors (Lipinski definition) is 4. The minimum Gasteiger partial charge on any atom is -0.339 e. The molecule has 25 heavy (non-hydrogen) atoms. The molecule has 0 radical (unpaired) electrons. The number of likely N-dealkylation sites (tertiary alicyclic amines) is 1. The molecular weight excluding hydrogens is 321 g/mol. The lowest BCUT2D eigenvalue weighted by Gasteiger charge is -2.23. The van der Waals surface area contributed by atoms with Gasteiger partial charge in [-0.2, -0.15) is 4.98 Å². The Morgan fingerprint density at radius 2 is 2.12 bits per heavy atom. The highest BCUT2D eigenvalue weighted by atomic mass is 19.1. The summed E-state index contributed by atoms with van der Waals surface area (Å²) in [5.74, 6) is 0.521.